The molecule has 4 heteroatoms. The van der Waals surface area contributed by atoms with E-state index in [-0.39, 0.29) is 29.1 Å². The van der Waals surface area contributed by atoms with E-state index in [4.69, 9.17) is 0 Å². The lowest BCUT2D eigenvalue weighted by Gasteiger charge is -2.58. The van der Waals surface area contributed by atoms with Crippen LogP contribution in [0, 0.1) is 34.5 Å². The Balaban J connectivity index is 1.76. The summed E-state index contributed by atoms with van der Waals surface area (Å²) >= 11 is 0. The number of rotatable bonds is 4. The minimum atomic E-state index is -0.813. The normalized spacial score (nSPS) is 39.3. The van der Waals surface area contributed by atoms with Gasteiger partial charge in [-0.2, -0.15) is 0 Å². The van der Waals surface area contributed by atoms with Gasteiger partial charge in [0.05, 0.1) is 12.0 Å². The Kier molecular flexibility index (Phi) is 5.42. The van der Waals surface area contributed by atoms with Crippen LogP contribution in [0.2, 0.25) is 0 Å². The van der Waals surface area contributed by atoms with Crippen molar-refractivity contribution in [2.45, 2.75) is 65.4 Å². The number of benzene rings is 1. The molecule has 1 aromatic rings. The first-order valence-corrected chi connectivity index (χ1v) is 11.4. The van der Waals surface area contributed by atoms with E-state index in [0.29, 0.717) is 11.5 Å². The van der Waals surface area contributed by atoms with Crippen molar-refractivity contribution in [1.29, 1.82) is 0 Å². The molecule has 2 N–H and O–H groups in total. The van der Waals surface area contributed by atoms with E-state index in [1.165, 1.54) is 5.57 Å². The van der Waals surface area contributed by atoms with Crippen molar-refractivity contribution in [2.75, 3.05) is 0 Å². The van der Waals surface area contributed by atoms with Crippen LogP contribution in [-0.4, -0.2) is 28.1 Å². The number of ketones is 1. The Labute approximate surface area is 179 Å². The third-order valence-electron chi connectivity index (χ3n) is 8.81. The number of Topliss-reactive ketones (excluding diaryl/α,β-unsaturated/α-hetero) is 1. The lowest BCUT2D eigenvalue weighted by molar-refractivity contribution is -0.149. The summed E-state index contributed by atoms with van der Waals surface area (Å²) in [6.07, 6.45) is 6.95. The maximum atomic E-state index is 13.7. The van der Waals surface area contributed by atoms with Crippen LogP contribution >= 0.6 is 0 Å². The van der Waals surface area contributed by atoms with E-state index < -0.39 is 17.3 Å². The average molecular weight is 411 g/mol. The van der Waals surface area contributed by atoms with Gasteiger partial charge in [-0.3, -0.25) is 9.59 Å². The molecule has 0 aromatic heterocycles. The number of carbonyl (C=O) groups is 2. The summed E-state index contributed by atoms with van der Waals surface area (Å²) in [5, 5.41) is 20.2. The van der Waals surface area contributed by atoms with Crippen molar-refractivity contribution < 1.29 is 19.8 Å². The molecule has 0 amide bonds. The van der Waals surface area contributed by atoms with E-state index in [9.17, 15) is 19.8 Å². The fourth-order valence-electron chi connectivity index (χ4n) is 7.16. The second kappa shape index (κ2) is 7.64. The van der Waals surface area contributed by atoms with E-state index in [1.54, 1.807) is 6.92 Å². The van der Waals surface area contributed by atoms with Gasteiger partial charge in [0.2, 0.25) is 0 Å². The predicted molar refractivity (Wildman–Crippen MR) is 116 cm³/mol. The zero-order valence-electron chi connectivity index (χ0n) is 18.3. The molecular formula is C26H34O4. The number of hydrogen-bond donors (Lipinski definition) is 2. The van der Waals surface area contributed by atoms with Crippen LogP contribution < -0.4 is 0 Å². The van der Waals surface area contributed by atoms with Gasteiger partial charge in [0, 0.05) is 11.0 Å². The van der Waals surface area contributed by atoms with E-state index in [0.717, 1.165) is 38.5 Å². The molecule has 1 aromatic carbocycles. The number of allylic oxidation sites excluding steroid dienone is 1. The Morgan fingerprint density at radius 3 is 2.47 bits per heavy atom. The van der Waals surface area contributed by atoms with Crippen LogP contribution in [0.3, 0.4) is 0 Å². The molecule has 7 unspecified atom stereocenters. The van der Waals surface area contributed by atoms with Crippen molar-refractivity contribution in [3.8, 4) is 0 Å². The van der Waals surface area contributed by atoms with E-state index in [1.807, 2.05) is 37.3 Å². The largest absolute Gasteiger partial charge is 0.481 e. The Morgan fingerprint density at radius 2 is 1.80 bits per heavy atom. The van der Waals surface area contributed by atoms with Gasteiger partial charge in [-0.15, -0.1) is 0 Å². The Morgan fingerprint density at radius 1 is 1.10 bits per heavy atom. The molecule has 7 atom stereocenters. The molecule has 0 radical (unpaired) electrons. The molecule has 162 valence electrons. The van der Waals surface area contributed by atoms with Crippen LogP contribution in [0.1, 0.15) is 69.7 Å². The molecule has 4 nitrogen and oxygen atoms in total. The number of hydrogen-bond acceptors (Lipinski definition) is 3. The summed E-state index contributed by atoms with van der Waals surface area (Å²) in [6, 6.07) is 9.36. The van der Waals surface area contributed by atoms with Gasteiger partial charge in [0.25, 0.3) is 0 Å². The highest BCUT2D eigenvalue weighted by Crippen LogP contribution is 2.63. The van der Waals surface area contributed by atoms with E-state index >= 15 is 0 Å². The smallest absolute Gasteiger partial charge is 0.306 e. The molecule has 3 aliphatic carbocycles. The van der Waals surface area contributed by atoms with Crippen molar-refractivity contribution in [3.63, 3.8) is 0 Å². The van der Waals surface area contributed by atoms with Crippen LogP contribution in [0.4, 0.5) is 0 Å². The Hall–Kier alpha value is -1.94. The maximum absolute atomic E-state index is 13.7. The maximum Gasteiger partial charge on any atom is 0.306 e. The number of aliphatic carboxylic acids is 1. The molecule has 4 rings (SSSR count). The first-order valence-electron chi connectivity index (χ1n) is 11.4. The fraction of sp³-hybridized carbons (Fsp3) is 0.615. The van der Waals surface area contributed by atoms with Gasteiger partial charge in [0.1, 0.15) is 0 Å². The number of fused-ring (bicyclic) bond motifs is 3. The van der Waals surface area contributed by atoms with E-state index in [2.05, 4.69) is 13.0 Å². The molecule has 2 fully saturated rings. The van der Waals surface area contributed by atoms with Crippen LogP contribution in [-0.2, 0) is 4.79 Å². The molecular weight excluding hydrogens is 376 g/mol. The van der Waals surface area contributed by atoms with Gasteiger partial charge in [-0.05, 0) is 61.7 Å². The quantitative estimate of drug-likeness (QED) is 0.534. The van der Waals surface area contributed by atoms with Crippen molar-refractivity contribution >= 4 is 11.8 Å². The first-order chi connectivity index (χ1) is 14.2. The average Bonchev–Trinajstić information content (AvgIpc) is 2.73. The molecule has 30 heavy (non-hydrogen) atoms. The van der Waals surface area contributed by atoms with Crippen LogP contribution in [0.5, 0.6) is 0 Å². The van der Waals surface area contributed by atoms with Gasteiger partial charge in [-0.25, -0.2) is 0 Å². The number of aliphatic hydroxyl groups excluding tert-OH is 1. The summed E-state index contributed by atoms with van der Waals surface area (Å²) in [7, 11) is 0. The summed E-state index contributed by atoms with van der Waals surface area (Å²) < 4.78 is 0. The molecule has 0 bridgehead atoms. The minimum absolute atomic E-state index is 0.00967. The summed E-state index contributed by atoms with van der Waals surface area (Å²) in [5.41, 5.74) is 1.36. The molecule has 2 saturated carbocycles. The highest BCUT2D eigenvalue weighted by Gasteiger charge is 2.58. The summed E-state index contributed by atoms with van der Waals surface area (Å²) in [6.45, 7) is 6.11. The van der Waals surface area contributed by atoms with Gasteiger partial charge >= 0.3 is 5.97 Å². The first kappa shape index (κ1) is 21.3. The Bertz CT molecular complexity index is 859. The molecule has 3 aliphatic rings. The zero-order chi connectivity index (χ0) is 21.7. The van der Waals surface area contributed by atoms with Gasteiger partial charge < -0.3 is 10.2 Å². The monoisotopic (exact) mass is 410 g/mol. The number of carbonyl (C=O) groups excluding carboxylic acids is 1. The lowest BCUT2D eigenvalue weighted by Crippen LogP contribution is -2.55. The van der Waals surface area contributed by atoms with Crippen molar-refractivity contribution in [2.24, 2.45) is 34.5 Å². The molecule has 0 heterocycles. The van der Waals surface area contributed by atoms with Crippen molar-refractivity contribution in [1.82, 2.24) is 0 Å². The number of carboxylic acids is 1. The summed E-state index contributed by atoms with van der Waals surface area (Å²) in [4.78, 5) is 25.9. The molecule has 0 aliphatic heterocycles. The number of carboxylic acid groups (broad SMARTS) is 1. The van der Waals surface area contributed by atoms with Gasteiger partial charge in [0.15, 0.2) is 5.78 Å². The topological polar surface area (TPSA) is 74.6 Å². The third kappa shape index (κ3) is 3.24. The second-order valence-corrected chi connectivity index (χ2v) is 10.4. The SMILES string of the molecule is CC(C(=O)O)C1C2CC=C3CC(O)CCC3(C)C2CCC1(C)C(=O)c1ccccc1. The predicted octanol–water partition coefficient (Wildman–Crippen LogP) is 5.12. The van der Waals surface area contributed by atoms with Crippen LogP contribution in [0.15, 0.2) is 42.0 Å². The lowest BCUT2D eigenvalue weighted by atomic mass is 9.45. The standard InChI is InChI=1S/C26H34O4/c1-16(24(29)30)22-20-10-9-18-15-19(27)11-13-25(18,2)21(20)12-14-26(22,3)23(28)17-7-5-4-6-8-17/h4-9,16,19-22,27H,10-15H2,1-3H3,(H,29,30). The van der Waals surface area contributed by atoms with Crippen molar-refractivity contribution in [3.05, 3.63) is 47.5 Å². The highest BCUT2D eigenvalue weighted by molar-refractivity contribution is 6.01. The fourth-order valence-corrected chi connectivity index (χ4v) is 7.16. The zero-order valence-corrected chi connectivity index (χ0v) is 18.3. The second-order valence-electron chi connectivity index (χ2n) is 10.4. The third-order valence-corrected chi connectivity index (χ3v) is 8.81. The van der Waals surface area contributed by atoms with Crippen LogP contribution in [0.25, 0.3) is 0 Å². The molecule has 0 saturated heterocycles. The van der Waals surface area contributed by atoms with Gasteiger partial charge in [-0.1, -0.05) is 62.8 Å². The minimum Gasteiger partial charge on any atom is -0.481 e. The summed E-state index contributed by atoms with van der Waals surface area (Å²) in [5.74, 6) is -0.976. The molecule has 0 spiro atoms. The number of aliphatic hydroxyl groups is 1. The highest BCUT2D eigenvalue weighted by atomic mass is 16.4.